The third-order valence-corrected chi connectivity index (χ3v) is 2.42. The fourth-order valence-corrected chi connectivity index (χ4v) is 1.50. The van der Waals surface area contributed by atoms with Crippen molar-refractivity contribution in [1.29, 1.82) is 0 Å². The van der Waals surface area contributed by atoms with E-state index in [4.69, 9.17) is 15.3 Å². The van der Waals surface area contributed by atoms with Gasteiger partial charge >= 0.3 is 0 Å². The van der Waals surface area contributed by atoms with Crippen molar-refractivity contribution in [2.24, 2.45) is 10.8 Å². The maximum Gasteiger partial charge on any atom is 0.210 e. The molecule has 0 atom stereocenters. The number of guanidine groups is 1. The zero-order chi connectivity index (χ0) is 13.9. The van der Waals surface area contributed by atoms with E-state index >= 15 is 0 Å². The number of nitrogens with zero attached hydrogens (tertiary/aromatic N) is 1. The number of hydrogen-bond donors (Lipinski definition) is 3. The number of nitrogens with one attached hydrogen (secondary N) is 2. The number of nitrogens with two attached hydrogens (primary N) is 1. The molecule has 0 radical (unpaired) electrons. The van der Waals surface area contributed by atoms with E-state index in [2.05, 4.69) is 15.7 Å². The summed E-state index contributed by atoms with van der Waals surface area (Å²) >= 11 is 0. The highest BCUT2D eigenvalue weighted by Crippen LogP contribution is 2.22. The summed E-state index contributed by atoms with van der Waals surface area (Å²) in [4.78, 5) is 4.32. The smallest absolute Gasteiger partial charge is 0.210 e. The van der Waals surface area contributed by atoms with Gasteiger partial charge in [0.25, 0.3) is 0 Å². The van der Waals surface area contributed by atoms with Crippen LogP contribution in [0.15, 0.2) is 29.3 Å². The topological polar surface area (TPSA) is 80.9 Å². The summed E-state index contributed by atoms with van der Waals surface area (Å²) in [6.45, 7) is 4.04. The van der Waals surface area contributed by atoms with Gasteiger partial charge in [-0.1, -0.05) is 12.1 Å². The molecule has 0 amide bonds. The van der Waals surface area contributed by atoms with Crippen LogP contribution < -0.4 is 21.3 Å². The molecule has 6 heteroatoms. The lowest BCUT2D eigenvalue weighted by molar-refractivity contribution is 0.146. The molecule has 1 aromatic carbocycles. The van der Waals surface area contributed by atoms with E-state index in [0.717, 1.165) is 24.5 Å². The number of anilines is 1. The number of methoxy groups -OCH3 is 1. The number of para-hydroxylation sites is 2. The molecule has 4 N–H and O–H groups in total. The molecule has 0 heterocycles. The molecular weight excluding hydrogens is 244 g/mol. The maximum atomic E-state index is 5.44. The summed E-state index contributed by atoms with van der Waals surface area (Å²) in [5.41, 5.74) is 3.35. The Morgan fingerprint density at radius 1 is 1.37 bits per heavy atom. The van der Waals surface area contributed by atoms with Gasteiger partial charge in [-0.3, -0.25) is 10.4 Å². The SMILES string of the molecule is CCOCCCN=C(NN)Nc1ccccc1OC. The van der Waals surface area contributed by atoms with Gasteiger partial charge in [0.15, 0.2) is 0 Å². The fourth-order valence-electron chi connectivity index (χ4n) is 1.50. The van der Waals surface area contributed by atoms with Gasteiger partial charge in [-0.2, -0.15) is 0 Å². The van der Waals surface area contributed by atoms with Gasteiger partial charge in [0.1, 0.15) is 5.75 Å². The minimum Gasteiger partial charge on any atom is -0.495 e. The van der Waals surface area contributed by atoms with Crippen molar-refractivity contribution in [3.8, 4) is 5.75 Å². The number of ether oxygens (including phenoxy) is 2. The van der Waals surface area contributed by atoms with Crippen LogP contribution in [0.5, 0.6) is 5.75 Å². The molecule has 0 saturated heterocycles. The lowest BCUT2D eigenvalue weighted by Crippen LogP contribution is -2.36. The van der Waals surface area contributed by atoms with Gasteiger partial charge in [0, 0.05) is 19.8 Å². The predicted molar refractivity (Wildman–Crippen MR) is 77.4 cm³/mol. The standard InChI is InChI=1S/C13H22N4O2/c1-3-19-10-6-9-15-13(17-14)16-11-7-4-5-8-12(11)18-2/h4-5,7-8H,3,6,9-10,14H2,1-2H3,(H2,15,16,17). The molecule has 0 fully saturated rings. The molecule has 0 aliphatic heterocycles. The van der Waals surface area contributed by atoms with E-state index in [0.29, 0.717) is 19.1 Å². The highest BCUT2D eigenvalue weighted by molar-refractivity contribution is 5.94. The van der Waals surface area contributed by atoms with Gasteiger partial charge in [0.2, 0.25) is 5.96 Å². The summed E-state index contributed by atoms with van der Waals surface area (Å²) in [5, 5.41) is 3.09. The van der Waals surface area contributed by atoms with Crippen LogP contribution in [0.3, 0.4) is 0 Å². The van der Waals surface area contributed by atoms with Crippen molar-refractivity contribution in [3.63, 3.8) is 0 Å². The fraction of sp³-hybridized carbons (Fsp3) is 0.462. The first-order chi connectivity index (χ1) is 9.31. The Morgan fingerprint density at radius 3 is 2.84 bits per heavy atom. The number of hydrogen-bond acceptors (Lipinski definition) is 4. The first-order valence-corrected chi connectivity index (χ1v) is 6.30. The molecule has 0 saturated carbocycles. The molecule has 19 heavy (non-hydrogen) atoms. The van der Waals surface area contributed by atoms with E-state index in [1.807, 2.05) is 31.2 Å². The maximum absolute atomic E-state index is 5.44. The van der Waals surface area contributed by atoms with Gasteiger partial charge < -0.3 is 14.8 Å². The minimum atomic E-state index is 0.501. The Balaban J connectivity index is 2.53. The molecule has 0 bridgehead atoms. The molecule has 106 valence electrons. The van der Waals surface area contributed by atoms with E-state index < -0.39 is 0 Å². The second-order valence-electron chi connectivity index (χ2n) is 3.75. The normalized spacial score (nSPS) is 11.2. The largest absolute Gasteiger partial charge is 0.495 e. The van der Waals surface area contributed by atoms with E-state index in [1.54, 1.807) is 7.11 Å². The second kappa shape index (κ2) is 9.18. The van der Waals surface area contributed by atoms with Gasteiger partial charge in [-0.15, -0.1) is 0 Å². The molecule has 1 aromatic rings. The average molecular weight is 266 g/mol. The van der Waals surface area contributed by atoms with Crippen molar-refractivity contribution in [2.45, 2.75) is 13.3 Å². The Hall–Kier alpha value is -1.79. The van der Waals surface area contributed by atoms with Crippen LogP contribution in [0.25, 0.3) is 0 Å². The first kappa shape index (κ1) is 15.3. The Kier molecular flexibility index (Phi) is 7.38. The molecule has 0 unspecified atom stereocenters. The molecule has 0 aromatic heterocycles. The van der Waals surface area contributed by atoms with E-state index in [1.165, 1.54) is 0 Å². The minimum absolute atomic E-state index is 0.501. The number of aliphatic imine (C=N–C) groups is 1. The van der Waals surface area contributed by atoms with Crippen LogP contribution in [0.1, 0.15) is 13.3 Å². The van der Waals surface area contributed by atoms with Gasteiger partial charge in [0.05, 0.1) is 12.8 Å². The summed E-state index contributed by atoms with van der Waals surface area (Å²) in [5.74, 6) is 6.67. The second-order valence-corrected chi connectivity index (χ2v) is 3.75. The average Bonchev–Trinajstić information content (AvgIpc) is 2.46. The lowest BCUT2D eigenvalue weighted by Gasteiger charge is -2.12. The Bertz CT molecular complexity index is 396. The van der Waals surface area contributed by atoms with Crippen molar-refractivity contribution < 1.29 is 9.47 Å². The van der Waals surface area contributed by atoms with Gasteiger partial charge in [-0.05, 0) is 25.5 Å². The highest BCUT2D eigenvalue weighted by Gasteiger charge is 2.03. The van der Waals surface area contributed by atoms with Crippen LogP contribution in [0, 0.1) is 0 Å². The van der Waals surface area contributed by atoms with E-state index in [-0.39, 0.29) is 0 Å². The van der Waals surface area contributed by atoms with Crippen molar-refractivity contribution in [1.82, 2.24) is 5.43 Å². The van der Waals surface area contributed by atoms with E-state index in [9.17, 15) is 0 Å². The Morgan fingerprint density at radius 2 is 2.16 bits per heavy atom. The summed E-state index contributed by atoms with van der Waals surface area (Å²) < 4.78 is 10.5. The van der Waals surface area contributed by atoms with Crippen LogP contribution in [0.4, 0.5) is 5.69 Å². The van der Waals surface area contributed by atoms with Crippen LogP contribution in [-0.4, -0.2) is 32.8 Å². The number of hydrazine groups is 1. The lowest BCUT2D eigenvalue weighted by atomic mass is 10.3. The quantitative estimate of drug-likeness (QED) is 0.228. The predicted octanol–water partition coefficient (Wildman–Crippen LogP) is 1.35. The number of rotatable bonds is 7. The molecule has 1 rings (SSSR count). The van der Waals surface area contributed by atoms with Gasteiger partial charge in [-0.25, -0.2) is 5.84 Å². The summed E-state index contributed by atoms with van der Waals surface area (Å²) in [6, 6.07) is 7.57. The van der Waals surface area contributed by atoms with Crippen LogP contribution >= 0.6 is 0 Å². The molecular formula is C13H22N4O2. The molecule has 0 aliphatic carbocycles. The number of benzene rings is 1. The summed E-state index contributed by atoms with van der Waals surface area (Å²) in [6.07, 6.45) is 0.854. The first-order valence-electron chi connectivity index (χ1n) is 6.30. The molecule has 6 nitrogen and oxygen atoms in total. The van der Waals surface area contributed by atoms with Crippen molar-refractivity contribution in [2.75, 3.05) is 32.2 Å². The third-order valence-electron chi connectivity index (χ3n) is 2.42. The highest BCUT2D eigenvalue weighted by atomic mass is 16.5. The third kappa shape index (κ3) is 5.58. The van der Waals surface area contributed by atoms with Crippen LogP contribution in [0.2, 0.25) is 0 Å². The van der Waals surface area contributed by atoms with Crippen LogP contribution in [-0.2, 0) is 4.74 Å². The zero-order valence-corrected chi connectivity index (χ0v) is 11.5. The molecule has 0 aliphatic rings. The van der Waals surface area contributed by atoms with Crippen molar-refractivity contribution >= 4 is 11.6 Å². The summed E-state index contributed by atoms with van der Waals surface area (Å²) in [7, 11) is 1.62. The molecule has 0 spiro atoms. The zero-order valence-electron chi connectivity index (χ0n) is 11.5. The Labute approximate surface area is 114 Å². The van der Waals surface area contributed by atoms with Crippen molar-refractivity contribution in [3.05, 3.63) is 24.3 Å². The monoisotopic (exact) mass is 266 g/mol.